The molecular formula is C24H24ClN3O. The van der Waals surface area contributed by atoms with Gasteiger partial charge in [0.1, 0.15) is 0 Å². The molecule has 0 radical (unpaired) electrons. The van der Waals surface area contributed by atoms with Crippen molar-refractivity contribution in [2.75, 3.05) is 13.1 Å². The van der Waals surface area contributed by atoms with Crippen LogP contribution in [0.1, 0.15) is 36.4 Å². The van der Waals surface area contributed by atoms with E-state index >= 15 is 0 Å². The third-order valence-corrected chi connectivity index (χ3v) is 5.67. The zero-order valence-corrected chi connectivity index (χ0v) is 17.1. The molecule has 4 rings (SSSR count). The van der Waals surface area contributed by atoms with Crippen LogP contribution in [-0.2, 0) is 11.2 Å². The van der Waals surface area contributed by atoms with Crippen LogP contribution >= 0.6 is 11.6 Å². The summed E-state index contributed by atoms with van der Waals surface area (Å²) in [6.07, 6.45) is 6.94. The molecule has 0 N–H and O–H groups in total. The van der Waals surface area contributed by atoms with E-state index in [0.29, 0.717) is 18.0 Å². The molecule has 1 saturated heterocycles. The molecule has 0 saturated carbocycles. The average Bonchev–Trinajstić information content (AvgIpc) is 2.78. The largest absolute Gasteiger partial charge is 0.342 e. The summed E-state index contributed by atoms with van der Waals surface area (Å²) in [6.45, 7) is 1.53. The van der Waals surface area contributed by atoms with Crippen molar-refractivity contribution in [2.45, 2.75) is 31.6 Å². The van der Waals surface area contributed by atoms with Gasteiger partial charge in [0.25, 0.3) is 0 Å². The minimum Gasteiger partial charge on any atom is -0.342 e. The Morgan fingerprint density at radius 2 is 1.97 bits per heavy atom. The predicted molar refractivity (Wildman–Crippen MR) is 116 cm³/mol. The second kappa shape index (κ2) is 9.19. The second-order valence-corrected chi connectivity index (χ2v) is 7.94. The Hall–Kier alpha value is -2.72. The maximum atomic E-state index is 12.7. The van der Waals surface area contributed by atoms with Gasteiger partial charge in [0.2, 0.25) is 5.91 Å². The van der Waals surface area contributed by atoms with Crippen LogP contribution in [0.4, 0.5) is 0 Å². The lowest BCUT2D eigenvalue weighted by Gasteiger charge is -2.32. The number of piperidine rings is 1. The monoisotopic (exact) mass is 405 g/mol. The Morgan fingerprint density at radius 3 is 2.79 bits per heavy atom. The van der Waals surface area contributed by atoms with E-state index in [9.17, 15) is 4.79 Å². The summed E-state index contributed by atoms with van der Waals surface area (Å²) in [7, 11) is 0. The van der Waals surface area contributed by atoms with Gasteiger partial charge in [-0.25, -0.2) is 4.98 Å². The quantitative estimate of drug-likeness (QED) is 0.590. The lowest BCUT2D eigenvalue weighted by Crippen LogP contribution is -2.39. The molecule has 1 unspecified atom stereocenters. The van der Waals surface area contributed by atoms with Crippen molar-refractivity contribution in [1.29, 1.82) is 0 Å². The van der Waals surface area contributed by atoms with Crippen molar-refractivity contribution in [3.8, 4) is 11.3 Å². The summed E-state index contributed by atoms with van der Waals surface area (Å²) in [5.74, 6) is 0.438. The Morgan fingerprint density at radius 1 is 1.10 bits per heavy atom. The summed E-state index contributed by atoms with van der Waals surface area (Å²) in [5.41, 5.74) is 3.92. The number of aryl methyl sites for hydroxylation is 1. The number of aromatic nitrogens is 2. The summed E-state index contributed by atoms with van der Waals surface area (Å²) < 4.78 is 0. The van der Waals surface area contributed by atoms with Crippen LogP contribution < -0.4 is 0 Å². The number of rotatable bonds is 5. The minimum atomic E-state index is 0.219. The number of halogens is 1. The van der Waals surface area contributed by atoms with Crippen LogP contribution in [0.2, 0.25) is 5.02 Å². The van der Waals surface area contributed by atoms with E-state index < -0.39 is 0 Å². The maximum absolute atomic E-state index is 12.7. The van der Waals surface area contributed by atoms with Crippen molar-refractivity contribution in [3.05, 3.63) is 83.3 Å². The number of benzene rings is 2. The topological polar surface area (TPSA) is 46.1 Å². The molecule has 3 aromatic rings. The van der Waals surface area contributed by atoms with Crippen LogP contribution in [0, 0.1) is 0 Å². The van der Waals surface area contributed by atoms with Gasteiger partial charge in [-0.2, -0.15) is 0 Å². The molecule has 0 spiro atoms. The van der Waals surface area contributed by atoms with Crippen molar-refractivity contribution < 1.29 is 4.79 Å². The molecule has 5 heteroatoms. The fraction of sp³-hybridized carbons (Fsp3) is 0.292. The van der Waals surface area contributed by atoms with Crippen LogP contribution in [0.5, 0.6) is 0 Å². The Bertz CT molecular complexity index is 977. The van der Waals surface area contributed by atoms with Crippen molar-refractivity contribution in [2.24, 2.45) is 0 Å². The van der Waals surface area contributed by atoms with Gasteiger partial charge in [-0.05, 0) is 37.0 Å². The summed E-state index contributed by atoms with van der Waals surface area (Å²) in [4.78, 5) is 24.0. The van der Waals surface area contributed by atoms with E-state index in [2.05, 4.69) is 17.1 Å². The summed E-state index contributed by atoms with van der Waals surface area (Å²) in [6, 6.07) is 17.8. The third kappa shape index (κ3) is 5.01. The molecule has 0 bridgehead atoms. The fourth-order valence-electron chi connectivity index (χ4n) is 3.86. The standard InChI is InChI=1S/C24H24ClN3O/c25-21-10-4-8-19(14-21)22-15-26-16-23(27-22)20-9-5-13-28(17-20)24(29)12-11-18-6-2-1-3-7-18/h1-4,6-8,10,14-16,20H,5,9,11-13,17H2. The molecule has 1 fully saturated rings. The van der Waals surface area contributed by atoms with Gasteiger partial charge in [-0.3, -0.25) is 9.78 Å². The zero-order valence-electron chi connectivity index (χ0n) is 16.3. The van der Waals surface area contributed by atoms with Crippen LogP contribution in [-0.4, -0.2) is 33.9 Å². The number of nitrogens with zero attached hydrogens (tertiary/aromatic N) is 3. The average molecular weight is 406 g/mol. The van der Waals surface area contributed by atoms with Gasteiger partial charge >= 0.3 is 0 Å². The molecule has 4 nitrogen and oxygen atoms in total. The lowest BCUT2D eigenvalue weighted by molar-refractivity contribution is -0.132. The minimum absolute atomic E-state index is 0.219. The van der Waals surface area contributed by atoms with E-state index in [4.69, 9.17) is 16.6 Å². The van der Waals surface area contributed by atoms with Crippen molar-refractivity contribution in [3.63, 3.8) is 0 Å². The molecule has 1 amide bonds. The molecule has 1 aliphatic heterocycles. The molecule has 1 aromatic heterocycles. The second-order valence-electron chi connectivity index (χ2n) is 7.50. The number of hydrogen-bond donors (Lipinski definition) is 0. The molecule has 2 heterocycles. The Kier molecular flexibility index (Phi) is 6.20. The number of likely N-dealkylation sites (tertiary alicyclic amines) is 1. The van der Waals surface area contributed by atoms with E-state index in [0.717, 1.165) is 42.8 Å². The first-order valence-electron chi connectivity index (χ1n) is 10.1. The zero-order chi connectivity index (χ0) is 20.1. The Labute approximate surface area is 176 Å². The molecule has 0 aliphatic carbocycles. The smallest absolute Gasteiger partial charge is 0.222 e. The number of carbonyl (C=O) groups is 1. The van der Waals surface area contributed by atoms with Crippen molar-refractivity contribution >= 4 is 17.5 Å². The van der Waals surface area contributed by atoms with E-state index in [-0.39, 0.29) is 11.8 Å². The highest BCUT2D eigenvalue weighted by atomic mass is 35.5. The van der Waals surface area contributed by atoms with Crippen LogP contribution in [0.25, 0.3) is 11.3 Å². The molecular weight excluding hydrogens is 382 g/mol. The molecule has 2 aromatic carbocycles. The number of hydrogen-bond acceptors (Lipinski definition) is 3. The summed E-state index contributed by atoms with van der Waals surface area (Å²) >= 11 is 6.12. The van der Waals surface area contributed by atoms with Gasteiger partial charge < -0.3 is 4.90 Å². The third-order valence-electron chi connectivity index (χ3n) is 5.44. The SMILES string of the molecule is O=C(CCc1ccccc1)N1CCCC(c2cncc(-c3cccc(Cl)c3)n2)C1. The van der Waals surface area contributed by atoms with E-state index in [1.165, 1.54) is 5.56 Å². The normalized spacial score (nSPS) is 16.6. The highest BCUT2D eigenvalue weighted by Crippen LogP contribution is 2.28. The van der Waals surface area contributed by atoms with Gasteiger partial charge in [0.05, 0.1) is 17.6 Å². The molecule has 148 valence electrons. The molecule has 1 atom stereocenters. The summed E-state index contributed by atoms with van der Waals surface area (Å²) in [5, 5.41) is 0.683. The van der Waals surface area contributed by atoms with E-state index in [1.807, 2.05) is 53.6 Å². The number of amides is 1. The maximum Gasteiger partial charge on any atom is 0.222 e. The van der Waals surface area contributed by atoms with Gasteiger partial charge in [-0.15, -0.1) is 0 Å². The van der Waals surface area contributed by atoms with Gasteiger partial charge in [0, 0.05) is 42.2 Å². The lowest BCUT2D eigenvalue weighted by atomic mass is 9.94. The van der Waals surface area contributed by atoms with Crippen LogP contribution in [0.3, 0.4) is 0 Å². The molecule has 29 heavy (non-hydrogen) atoms. The fourth-order valence-corrected chi connectivity index (χ4v) is 4.05. The highest BCUT2D eigenvalue weighted by molar-refractivity contribution is 6.30. The van der Waals surface area contributed by atoms with E-state index in [1.54, 1.807) is 6.20 Å². The van der Waals surface area contributed by atoms with Crippen LogP contribution in [0.15, 0.2) is 67.0 Å². The van der Waals surface area contributed by atoms with Gasteiger partial charge in [-0.1, -0.05) is 54.1 Å². The first-order chi connectivity index (χ1) is 14.2. The predicted octanol–water partition coefficient (Wildman–Crippen LogP) is 5.14. The van der Waals surface area contributed by atoms with Crippen molar-refractivity contribution in [1.82, 2.24) is 14.9 Å². The number of carbonyl (C=O) groups excluding carboxylic acids is 1. The Balaban J connectivity index is 1.43. The first-order valence-corrected chi connectivity index (χ1v) is 10.5. The molecule has 1 aliphatic rings. The van der Waals surface area contributed by atoms with Gasteiger partial charge in [0.15, 0.2) is 0 Å². The highest BCUT2D eigenvalue weighted by Gasteiger charge is 2.25. The first kappa shape index (κ1) is 19.6.